The zero-order chi connectivity index (χ0) is 13.1. The molecule has 0 aliphatic heterocycles. The third-order valence-corrected chi connectivity index (χ3v) is 2.86. The number of primary amides is 1. The van der Waals surface area contributed by atoms with Crippen LogP contribution in [-0.4, -0.2) is 10.9 Å². The Labute approximate surface area is 110 Å². The molecule has 1 heterocycles. The highest BCUT2D eigenvalue weighted by molar-refractivity contribution is 6.34. The lowest BCUT2D eigenvalue weighted by molar-refractivity contribution is 0.100. The minimum Gasteiger partial charge on any atom is -0.365 e. The molecule has 2 aromatic rings. The number of nitrogens with one attached hydrogen (secondary N) is 1. The van der Waals surface area contributed by atoms with Crippen LogP contribution in [0.15, 0.2) is 36.5 Å². The number of carbonyl (C=O) groups excluding carboxylic acids is 1. The third kappa shape index (κ3) is 2.43. The molecule has 0 atom stereocenters. The molecule has 0 aliphatic carbocycles. The van der Waals surface area contributed by atoms with Crippen LogP contribution in [-0.2, 0) is 0 Å². The summed E-state index contributed by atoms with van der Waals surface area (Å²) >= 11 is 5.95. The molecule has 3 N–H and O–H groups in total. The predicted octanol–water partition coefficient (Wildman–Crippen LogP) is 2.89. The maximum atomic E-state index is 11.4. The molecule has 4 nitrogen and oxygen atoms in total. The van der Waals surface area contributed by atoms with Crippen LogP contribution >= 0.6 is 11.6 Å². The zero-order valence-electron chi connectivity index (χ0n) is 9.77. The number of rotatable bonds is 3. The second-order valence-corrected chi connectivity index (χ2v) is 4.23. The summed E-state index contributed by atoms with van der Waals surface area (Å²) in [5.41, 5.74) is 7.39. The van der Waals surface area contributed by atoms with Crippen LogP contribution in [0.4, 0.5) is 11.5 Å². The number of aryl methyl sites for hydroxylation is 1. The molecule has 0 fully saturated rings. The van der Waals surface area contributed by atoms with Gasteiger partial charge in [0.1, 0.15) is 11.4 Å². The number of hydrogen-bond acceptors (Lipinski definition) is 3. The molecule has 2 rings (SSSR count). The summed E-state index contributed by atoms with van der Waals surface area (Å²) in [4.78, 5) is 15.5. The molecule has 1 aromatic heterocycles. The van der Waals surface area contributed by atoms with Gasteiger partial charge in [-0.25, -0.2) is 4.98 Å². The second kappa shape index (κ2) is 5.06. The fraction of sp³-hybridized carbons (Fsp3) is 0.0769. The van der Waals surface area contributed by atoms with Gasteiger partial charge in [0, 0.05) is 11.9 Å². The van der Waals surface area contributed by atoms with E-state index in [1.807, 2.05) is 31.2 Å². The number of carbonyl (C=O) groups is 1. The molecular weight excluding hydrogens is 250 g/mol. The number of para-hydroxylation sites is 1. The van der Waals surface area contributed by atoms with Gasteiger partial charge in [-0.3, -0.25) is 4.79 Å². The molecular formula is C13H12ClN3O. The van der Waals surface area contributed by atoms with E-state index in [1.54, 1.807) is 0 Å². The van der Waals surface area contributed by atoms with E-state index >= 15 is 0 Å². The minimum atomic E-state index is -0.607. The van der Waals surface area contributed by atoms with Crippen LogP contribution in [0.1, 0.15) is 15.9 Å². The quantitative estimate of drug-likeness (QED) is 0.893. The molecule has 5 heteroatoms. The number of benzene rings is 1. The molecule has 0 saturated heterocycles. The van der Waals surface area contributed by atoms with Crippen LogP contribution in [0.5, 0.6) is 0 Å². The predicted molar refractivity (Wildman–Crippen MR) is 72.2 cm³/mol. The van der Waals surface area contributed by atoms with Crippen LogP contribution in [0.25, 0.3) is 0 Å². The Balaban J connectivity index is 2.44. The van der Waals surface area contributed by atoms with Gasteiger partial charge in [0.25, 0.3) is 5.91 Å². The normalized spacial score (nSPS) is 10.1. The Morgan fingerprint density at radius 3 is 2.72 bits per heavy atom. The number of hydrogen-bond donors (Lipinski definition) is 2. The standard InChI is InChI=1S/C13H12ClN3O/c1-8-4-2-3-5-10(8)17-13-11(12(15)18)9(14)6-7-16-13/h2-7H,1H3,(H2,15,18)(H,16,17). The van der Waals surface area contributed by atoms with E-state index in [4.69, 9.17) is 17.3 Å². The van der Waals surface area contributed by atoms with E-state index < -0.39 is 5.91 Å². The van der Waals surface area contributed by atoms with Crippen molar-refractivity contribution in [1.82, 2.24) is 4.98 Å². The van der Waals surface area contributed by atoms with E-state index in [9.17, 15) is 4.79 Å². The van der Waals surface area contributed by atoms with Crippen LogP contribution in [0.3, 0.4) is 0 Å². The van der Waals surface area contributed by atoms with Crippen molar-refractivity contribution in [2.75, 3.05) is 5.32 Å². The Kier molecular flexibility index (Phi) is 3.48. The molecule has 0 saturated carbocycles. The molecule has 0 radical (unpaired) electrons. The molecule has 18 heavy (non-hydrogen) atoms. The fourth-order valence-corrected chi connectivity index (χ4v) is 1.85. The Bertz CT molecular complexity index is 599. The Hall–Kier alpha value is -2.07. The summed E-state index contributed by atoms with van der Waals surface area (Å²) in [5.74, 6) is -0.242. The number of nitrogens with two attached hydrogens (primary N) is 1. The topological polar surface area (TPSA) is 68.0 Å². The minimum absolute atomic E-state index is 0.197. The molecule has 1 aromatic carbocycles. The third-order valence-electron chi connectivity index (χ3n) is 2.54. The maximum Gasteiger partial charge on any atom is 0.253 e. The van der Waals surface area contributed by atoms with Crippen molar-refractivity contribution in [2.24, 2.45) is 5.73 Å². The van der Waals surface area contributed by atoms with Crippen LogP contribution in [0, 0.1) is 6.92 Å². The monoisotopic (exact) mass is 261 g/mol. The Morgan fingerprint density at radius 1 is 1.33 bits per heavy atom. The Morgan fingerprint density at radius 2 is 2.06 bits per heavy atom. The largest absolute Gasteiger partial charge is 0.365 e. The van der Waals surface area contributed by atoms with Gasteiger partial charge in [-0.1, -0.05) is 29.8 Å². The number of pyridine rings is 1. The summed E-state index contributed by atoms with van der Waals surface area (Å²) < 4.78 is 0. The summed E-state index contributed by atoms with van der Waals surface area (Å²) in [6.45, 7) is 1.96. The van der Waals surface area contributed by atoms with Crippen LogP contribution in [0.2, 0.25) is 5.02 Å². The molecule has 0 spiro atoms. The van der Waals surface area contributed by atoms with Gasteiger partial charge in [-0.05, 0) is 24.6 Å². The van der Waals surface area contributed by atoms with Gasteiger partial charge in [0.2, 0.25) is 0 Å². The first kappa shape index (κ1) is 12.4. The lowest BCUT2D eigenvalue weighted by Gasteiger charge is -2.11. The first-order valence-corrected chi connectivity index (χ1v) is 5.74. The molecule has 92 valence electrons. The van der Waals surface area contributed by atoms with Crippen molar-refractivity contribution in [3.8, 4) is 0 Å². The SMILES string of the molecule is Cc1ccccc1Nc1nccc(Cl)c1C(N)=O. The highest BCUT2D eigenvalue weighted by Crippen LogP contribution is 2.25. The lowest BCUT2D eigenvalue weighted by atomic mass is 10.2. The van der Waals surface area contributed by atoms with Gasteiger partial charge in [-0.2, -0.15) is 0 Å². The summed E-state index contributed by atoms with van der Waals surface area (Å²) in [6, 6.07) is 9.20. The average Bonchev–Trinajstić information content (AvgIpc) is 2.31. The first-order chi connectivity index (χ1) is 8.59. The fourth-order valence-electron chi connectivity index (χ4n) is 1.61. The van der Waals surface area contributed by atoms with E-state index in [1.165, 1.54) is 12.3 Å². The highest BCUT2D eigenvalue weighted by Gasteiger charge is 2.14. The first-order valence-electron chi connectivity index (χ1n) is 5.36. The highest BCUT2D eigenvalue weighted by atomic mass is 35.5. The smallest absolute Gasteiger partial charge is 0.253 e. The molecule has 0 aliphatic rings. The van der Waals surface area contributed by atoms with Gasteiger partial charge in [0.15, 0.2) is 0 Å². The van der Waals surface area contributed by atoms with Gasteiger partial charge in [-0.15, -0.1) is 0 Å². The van der Waals surface area contributed by atoms with Crippen molar-refractivity contribution >= 4 is 29.0 Å². The lowest BCUT2D eigenvalue weighted by Crippen LogP contribution is -2.15. The van der Waals surface area contributed by atoms with Crippen molar-refractivity contribution in [3.63, 3.8) is 0 Å². The average molecular weight is 262 g/mol. The van der Waals surface area contributed by atoms with E-state index in [0.29, 0.717) is 5.82 Å². The van der Waals surface area contributed by atoms with Crippen molar-refractivity contribution in [3.05, 3.63) is 52.7 Å². The second-order valence-electron chi connectivity index (χ2n) is 3.82. The molecule has 0 unspecified atom stereocenters. The number of nitrogens with zero attached hydrogens (tertiary/aromatic N) is 1. The van der Waals surface area contributed by atoms with E-state index in [-0.39, 0.29) is 10.6 Å². The number of anilines is 2. The number of halogens is 1. The van der Waals surface area contributed by atoms with Gasteiger partial charge >= 0.3 is 0 Å². The number of aromatic nitrogens is 1. The van der Waals surface area contributed by atoms with E-state index in [2.05, 4.69) is 10.3 Å². The van der Waals surface area contributed by atoms with Gasteiger partial charge in [0.05, 0.1) is 5.02 Å². The number of amides is 1. The zero-order valence-corrected chi connectivity index (χ0v) is 10.5. The van der Waals surface area contributed by atoms with Crippen LogP contribution < -0.4 is 11.1 Å². The van der Waals surface area contributed by atoms with Crippen molar-refractivity contribution in [1.29, 1.82) is 0 Å². The summed E-state index contributed by atoms with van der Waals surface area (Å²) in [5, 5.41) is 3.35. The van der Waals surface area contributed by atoms with Crippen molar-refractivity contribution in [2.45, 2.75) is 6.92 Å². The molecule has 0 bridgehead atoms. The maximum absolute atomic E-state index is 11.4. The molecule has 1 amide bonds. The summed E-state index contributed by atoms with van der Waals surface area (Å²) in [6.07, 6.45) is 1.52. The van der Waals surface area contributed by atoms with E-state index in [0.717, 1.165) is 11.3 Å². The van der Waals surface area contributed by atoms with Crippen molar-refractivity contribution < 1.29 is 4.79 Å². The summed E-state index contributed by atoms with van der Waals surface area (Å²) in [7, 11) is 0. The van der Waals surface area contributed by atoms with Gasteiger partial charge < -0.3 is 11.1 Å².